The van der Waals surface area contributed by atoms with Gasteiger partial charge in [0.15, 0.2) is 0 Å². The molecule has 9 heteroatoms. The van der Waals surface area contributed by atoms with Crippen molar-refractivity contribution in [2.75, 3.05) is 31.5 Å². The number of benzene rings is 2. The fourth-order valence-electron chi connectivity index (χ4n) is 5.04. The van der Waals surface area contributed by atoms with Crippen LogP contribution in [0, 0.1) is 0 Å². The van der Waals surface area contributed by atoms with Gasteiger partial charge in [-0.1, -0.05) is 36.4 Å². The van der Waals surface area contributed by atoms with Crippen molar-refractivity contribution in [2.24, 2.45) is 0 Å². The molecule has 1 saturated heterocycles. The smallest absolute Gasteiger partial charge is 0.255 e. The van der Waals surface area contributed by atoms with Crippen LogP contribution in [0.25, 0.3) is 0 Å². The second kappa shape index (κ2) is 10.5. The van der Waals surface area contributed by atoms with Crippen molar-refractivity contribution in [1.29, 1.82) is 0 Å². The van der Waals surface area contributed by atoms with Crippen molar-refractivity contribution in [3.63, 3.8) is 0 Å². The van der Waals surface area contributed by atoms with Gasteiger partial charge in [0.05, 0.1) is 13.1 Å². The van der Waals surface area contributed by atoms with E-state index < -0.39 is 6.04 Å². The van der Waals surface area contributed by atoms with Crippen LogP contribution >= 0.6 is 0 Å². The molecule has 0 aromatic heterocycles. The molecule has 36 heavy (non-hydrogen) atoms. The normalized spacial score (nSPS) is 20.1. The third-order valence-electron chi connectivity index (χ3n) is 6.99. The van der Waals surface area contributed by atoms with Crippen LogP contribution in [-0.2, 0) is 14.4 Å². The Kier molecular flexibility index (Phi) is 6.99. The van der Waals surface area contributed by atoms with E-state index in [0.29, 0.717) is 30.8 Å². The molecule has 0 radical (unpaired) electrons. The molecule has 2 aromatic carbocycles. The fraction of sp³-hybridized carbons (Fsp3) is 0.407. The third kappa shape index (κ3) is 5.41. The summed E-state index contributed by atoms with van der Waals surface area (Å²) < 4.78 is 0. The average molecular weight is 490 g/mol. The highest BCUT2D eigenvalue weighted by Gasteiger charge is 2.47. The fourth-order valence-corrected chi connectivity index (χ4v) is 5.04. The summed E-state index contributed by atoms with van der Waals surface area (Å²) in [4.78, 5) is 54.4. The van der Waals surface area contributed by atoms with Crippen molar-refractivity contribution in [1.82, 2.24) is 20.4 Å². The number of nitrogens with one attached hydrogen (secondary N) is 3. The maximum absolute atomic E-state index is 13.0. The number of fused-ring (bicyclic) bond motifs is 1. The van der Waals surface area contributed by atoms with Crippen LogP contribution in [0.4, 0.5) is 5.69 Å². The molecule has 3 N–H and O–H groups in total. The summed E-state index contributed by atoms with van der Waals surface area (Å²) in [6.07, 6.45) is 3.27. The molecule has 2 aliphatic heterocycles. The average Bonchev–Trinajstić information content (AvgIpc) is 3.68. The molecule has 4 amide bonds. The monoisotopic (exact) mass is 489 g/mol. The van der Waals surface area contributed by atoms with Crippen molar-refractivity contribution < 1.29 is 19.2 Å². The zero-order valence-electron chi connectivity index (χ0n) is 20.1. The predicted molar refractivity (Wildman–Crippen MR) is 134 cm³/mol. The van der Waals surface area contributed by atoms with E-state index in [9.17, 15) is 19.2 Å². The first-order valence-corrected chi connectivity index (χ1v) is 12.6. The van der Waals surface area contributed by atoms with Crippen LogP contribution in [0.1, 0.15) is 47.6 Å². The molecule has 2 fully saturated rings. The molecular formula is C27H31N5O4. The van der Waals surface area contributed by atoms with Crippen LogP contribution in [0.2, 0.25) is 0 Å². The quantitative estimate of drug-likeness (QED) is 0.523. The topological polar surface area (TPSA) is 111 Å². The van der Waals surface area contributed by atoms with Gasteiger partial charge < -0.3 is 20.9 Å². The Balaban J connectivity index is 1.06. The number of rotatable bonds is 8. The Morgan fingerprint density at radius 1 is 0.861 bits per heavy atom. The molecule has 9 nitrogen and oxygen atoms in total. The van der Waals surface area contributed by atoms with Gasteiger partial charge in [-0.05, 0) is 49.4 Å². The molecule has 0 spiro atoms. The maximum Gasteiger partial charge on any atom is 0.255 e. The molecule has 188 valence electrons. The summed E-state index contributed by atoms with van der Waals surface area (Å²) in [5.41, 5.74) is 2.05. The number of carbonyl (C=O) groups is 4. The highest BCUT2D eigenvalue weighted by molar-refractivity contribution is 6.05. The lowest BCUT2D eigenvalue weighted by Gasteiger charge is -2.32. The number of likely N-dealkylation sites (tertiary alicyclic amines) is 1. The molecule has 1 saturated carbocycles. The summed E-state index contributed by atoms with van der Waals surface area (Å²) in [5, 5.41) is 8.62. The van der Waals surface area contributed by atoms with Crippen LogP contribution < -0.4 is 16.0 Å². The van der Waals surface area contributed by atoms with Gasteiger partial charge in [-0.3, -0.25) is 24.1 Å². The first kappa shape index (κ1) is 24.0. The predicted octanol–water partition coefficient (Wildman–Crippen LogP) is 1.68. The summed E-state index contributed by atoms with van der Waals surface area (Å²) in [6.45, 7) is 1.59. The van der Waals surface area contributed by atoms with Gasteiger partial charge in [0.1, 0.15) is 6.04 Å². The van der Waals surface area contributed by atoms with Crippen molar-refractivity contribution in [2.45, 2.75) is 43.8 Å². The third-order valence-corrected chi connectivity index (χ3v) is 6.99. The SMILES string of the molecule is O=C(CN1CCC(NC(=O)CNC(=O)C2c3ccccc3C(=O)N2C2CC2)CC1)Nc1ccccc1. The lowest BCUT2D eigenvalue weighted by molar-refractivity contribution is -0.129. The lowest BCUT2D eigenvalue weighted by Crippen LogP contribution is -2.49. The van der Waals surface area contributed by atoms with E-state index in [1.165, 1.54) is 0 Å². The van der Waals surface area contributed by atoms with Crippen LogP contribution in [0.3, 0.4) is 0 Å². The summed E-state index contributed by atoms with van der Waals surface area (Å²) >= 11 is 0. The molecule has 5 rings (SSSR count). The van der Waals surface area contributed by atoms with Crippen molar-refractivity contribution in [3.8, 4) is 0 Å². The molecule has 1 unspecified atom stereocenters. The van der Waals surface area contributed by atoms with E-state index in [1.807, 2.05) is 42.5 Å². The second-order valence-electron chi connectivity index (χ2n) is 9.68. The van der Waals surface area contributed by atoms with Gasteiger partial charge in [0, 0.05) is 36.4 Å². The van der Waals surface area contributed by atoms with Crippen LogP contribution in [0.5, 0.6) is 0 Å². The van der Waals surface area contributed by atoms with Gasteiger partial charge in [0.2, 0.25) is 17.7 Å². The largest absolute Gasteiger partial charge is 0.352 e. The van der Waals surface area contributed by atoms with Crippen LogP contribution in [0.15, 0.2) is 54.6 Å². The Bertz CT molecular complexity index is 1140. The minimum absolute atomic E-state index is 0.000386. The van der Waals surface area contributed by atoms with E-state index >= 15 is 0 Å². The number of nitrogens with zero attached hydrogens (tertiary/aromatic N) is 2. The molecule has 1 aliphatic carbocycles. The van der Waals surface area contributed by atoms with Gasteiger partial charge in [-0.25, -0.2) is 0 Å². The molecule has 2 aromatic rings. The Hall–Kier alpha value is -3.72. The highest BCUT2D eigenvalue weighted by atomic mass is 16.2. The minimum Gasteiger partial charge on any atom is -0.352 e. The van der Waals surface area contributed by atoms with E-state index in [4.69, 9.17) is 0 Å². The first-order valence-electron chi connectivity index (χ1n) is 12.6. The first-order chi connectivity index (χ1) is 17.5. The number of hydrogen-bond acceptors (Lipinski definition) is 5. The zero-order chi connectivity index (χ0) is 25.1. The number of carbonyl (C=O) groups excluding carboxylic acids is 4. The Morgan fingerprint density at radius 3 is 2.28 bits per heavy atom. The molecule has 1 atom stereocenters. The maximum atomic E-state index is 13.0. The minimum atomic E-state index is -0.681. The molecule has 3 aliphatic rings. The van der Waals surface area contributed by atoms with Crippen molar-refractivity contribution in [3.05, 3.63) is 65.7 Å². The van der Waals surface area contributed by atoms with Crippen molar-refractivity contribution >= 4 is 29.3 Å². The van der Waals surface area contributed by atoms with Crippen LogP contribution in [-0.4, -0.2) is 71.7 Å². The van der Waals surface area contributed by atoms with Gasteiger partial charge >= 0.3 is 0 Å². The van der Waals surface area contributed by atoms with Gasteiger partial charge in [-0.2, -0.15) is 0 Å². The highest BCUT2D eigenvalue weighted by Crippen LogP contribution is 2.41. The van der Waals surface area contributed by atoms with Gasteiger partial charge in [-0.15, -0.1) is 0 Å². The van der Waals surface area contributed by atoms with Gasteiger partial charge in [0.25, 0.3) is 5.91 Å². The summed E-state index contributed by atoms with van der Waals surface area (Å²) in [5.74, 6) is -0.741. The summed E-state index contributed by atoms with van der Waals surface area (Å²) in [6, 6.07) is 16.0. The second-order valence-corrected chi connectivity index (χ2v) is 9.68. The van der Waals surface area contributed by atoms with E-state index in [0.717, 1.165) is 31.4 Å². The van der Waals surface area contributed by atoms with E-state index in [1.54, 1.807) is 17.0 Å². The van der Waals surface area contributed by atoms with E-state index in [-0.39, 0.29) is 42.3 Å². The molecular weight excluding hydrogens is 458 g/mol. The number of anilines is 1. The van der Waals surface area contributed by atoms with E-state index in [2.05, 4.69) is 20.9 Å². The lowest BCUT2D eigenvalue weighted by atomic mass is 10.0. The number of hydrogen-bond donors (Lipinski definition) is 3. The number of para-hydroxylation sites is 1. The zero-order valence-corrected chi connectivity index (χ0v) is 20.1. The number of piperidine rings is 1. The standard InChI is InChI=1S/C27H31N5O4/c33-23(29-19-12-14-31(15-13-19)17-24(34)30-18-6-2-1-3-7-18)16-28-26(35)25-21-8-4-5-9-22(21)27(36)32(25)20-10-11-20/h1-9,19-20,25H,10-17H2,(H,28,35)(H,29,33)(H,30,34). The Morgan fingerprint density at radius 2 is 1.56 bits per heavy atom. The number of amides is 4. The Labute approximate surface area is 210 Å². The summed E-state index contributed by atoms with van der Waals surface area (Å²) in [7, 11) is 0. The molecule has 2 heterocycles. The molecule has 0 bridgehead atoms.